The van der Waals surface area contributed by atoms with Gasteiger partial charge in [0.2, 0.25) is 5.95 Å². The van der Waals surface area contributed by atoms with E-state index in [0.29, 0.717) is 5.95 Å². The van der Waals surface area contributed by atoms with Gasteiger partial charge in [0.25, 0.3) is 5.91 Å². The maximum Gasteiger partial charge on any atom is 0.272 e. The highest BCUT2D eigenvalue weighted by atomic mass is 35.5. The third-order valence-corrected chi connectivity index (χ3v) is 5.81. The van der Waals surface area contributed by atoms with Crippen LogP contribution in [0.3, 0.4) is 0 Å². The van der Waals surface area contributed by atoms with Gasteiger partial charge in [0.1, 0.15) is 0 Å². The minimum Gasteiger partial charge on any atom is -0.343 e. The standard InChI is InChI=1S/C22H31ClN6O/c1-4-29(5-2)22-24-15-18(23)20(26-22)21(30)25-19(17-9-7-6-8-10-17)16-28-13-11-27(3)12-14-28/h6-10,15,19H,4-5,11-14,16H2,1-3H3,(H,25,30). The van der Waals surface area contributed by atoms with Crippen molar-refractivity contribution in [3.8, 4) is 0 Å². The first-order chi connectivity index (χ1) is 14.5. The van der Waals surface area contributed by atoms with Crippen LogP contribution in [0.15, 0.2) is 36.5 Å². The summed E-state index contributed by atoms with van der Waals surface area (Å²) in [7, 11) is 2.14. The SMILES string of the molecule is CCN(CC)c1ncc(Cl)c(C(=O)NC(CN2CCN(C)CC2)c2ccccc2)n1. The molecule has 1 aromatic heterocycles. The minimum atomic E-state index is -0.279. The van der Waals surface area contributed by atoms with Gasteiger partial charge in [0.05, 0.1) is 17.3 Å². The summed E-state index contributed by atoms with van der Waals surface area (Å²) in [5.74, 6) is 0.240. The van der Waals surface area contributed by atoms with Crippen LogP contribution < -0.4 is 10.2 Å². The lowest BCUT2D eigenvalue weighted by Gasteiger charge is -2.35. The van der Waals surface area contributed by atoms with E-state index in [1.807, 2.05) is 49.1 Å². The molecule has 162 valence electrons. The van der Waals surface area contributed by atoms with Crippen LogP contribution in [0.1, 0.15) is 35.9 Å². The van der Waals surface area contributed by atoms with Crippen molar-refractivity contribution in [2.24, 2.45) is 0 Å². The Morgan fingerprint density at radius 2 is 1.83 bits per heavy atom. The van der Waals surface area contributed by atoms with Crippen molar-refractivity contribution in [3.05, 3.63) is 52.8 Å². The van der Waals surface area contributed by atoms with Crippen molar-refractivity contribution < 1.29 is 4.79 Å². The summed E-state index contributed by atoms with van der Waals surface area (Å²) in [4.78, 5) is 28.6. The van der Waals surface area contributed by atoms with Gasteiger partial charge < -0.3 is 15.1 Å². The molecule has 1 amide bonds. The lowest BCUT2D eigenvalue weighted by Crippen LogP contribution is -2.48. The summed E-state index contributed by atoms with van der Waals surface area (Å²) in [5, 5.41) is 3.42. The molecule has 2 heterocycles. The van der Waals surface area contributed by atoms with Crippen LogP contribution in [-0.2, 0) is 0 Å². The number of hydrogen-bond acceptors (Lipinski definition) is 6. The number of rotatable bonds is 8. The number of benzene rings is 1. The second kappa shape index (κ2) is 10.7. The highest BCUT2D eigenvalue weighted by Gasteiger charge is 2.24. The fourth-order valence-corrected chi connectivity index (χ4v) is 3.79. The zero-order valence-electron chi connectivity index (χ0n) is 18.0. The number of piperazine rings is 1. The Bertz CT molecular complexity index is 822. The average Bonchev–Trinajstić information content (AvgIpc) is 2.77. The molecular weight excluding hydrogens is 400 g/mol. The van der Waals surface area contributed by atoms with Crippen LogP contribution in [0.2, 0.25) is 5.02 Å². The summed E-state index contributed by atoms with van der Waals surface area (Å²) >= 11 is 6.30. The first kappa shape index (κ1) is 22.5. The Balaban J connectivity index is 1.80. The van der Waals surface area contributed by atoms with Crippen LogP contribution in [0.4, 0.5) is 5.95 Å². The number of aromatic nitrogens is 2. The van der Waals surface area contributed by atoms with Crippen LogP contribution in [0, 0.1) is 0 Å². The second-order valence-electron chi connectivity index (χ2n) is 7.58. The molecule has 1 aromatic carbocycles. The van der Waals surface area contributed by atoms with Crippen LogP contribution in [0.25, 0.3) is 0 Å². The number of anilines is 1. The quantitative estimate of drug-likeness (QED) is 0.694. The molecule has 30 heavy (non-hydrogen) atoms. The van der Waals surface area contributed by atoms with E-state index < -0.39 is 0 Å². The van der Waals surface area contributed by atoms with Crippen LogP contribution in [0.5, 0.6) is 0 Å². The van der Waals surface area contributed by atoms with E-state index in [1.165, 1.54) is 6.20 Å². The molecule has 1 fully saturated rings. The number of carbonyl (C=O) groups excluding carboxylic acids is 1. The Morgan fingerprint density at radius 3 is 2.47 bits per heavy atom. The summed E-state index contributed by atoms with van der Waals surface area (Å²) in [5.41, 5.74) is 1.28. The van der Waals surface area contributed by atoms with Gasteiger partial charge in [-0.05, 0) is 26.5 Å². The van der Waals surface area contributed by atoms with E-state index in [4.69, 9.17) is 11.6 Å². The zero-order valence-corrected chi connectivity index (χ0v) is 18.8. The van der Waals surface area contributed by atoms with E-state index >= 15 is 0 Å². The molecule has 0 saturated carbocycles. The predicted octanol–water partition coefficient (Wildman–Crippen LogP) is 2.69. The van der Waals surface area contributed by atoms with E-state index in [2.05, 4.69) is 32.1 Å². The molecule has 8 heteroatoms. The highest BCUT2D eigenvalue weighted by Crippen LogP contribution is 2.20. The molecule has 0 radical (unpaired) electrons. The number of amides is 1. The smallest absolute Gasteiger partial charge is 0.272 e. The maximum atomic E-state index is 13.2. The second-order valence-corrected chi connectivity index (χ2v) is 7.99. The fourth-order valence-electron chi connectivity index (χ4n) is 3.61. The maximum absolute atomic E-state index is 13.2. The molecule has 7 nitrogen and oxygen atoms in total. The first-order valence-electron chi connectivity index (χ1n) is 10.6. The lowest BCUT2D eigenvalue weighted by molar-refractivity contribution is 0.0902. The molecule has 1 saturated heterocycles. The molecule has 2 aromatic rings. The van der Waals surface area contributed by atoms with Gasteiger partial charge >= 0.3 is 0 Å². The van der Waals surface area contributed by atoms with Gasteiger partial charge in [0, 0.05) is 45.8 Å². The van der Waals surface area contributed by atoms with Crippen LogP contribution in [-0.4, -0.2) is 78.5 Å². The van der Waals surface area contributed by atoms with E-state index in [1.54, 1.807) is 0 Å². The van der Waals surface area contributed by atoms with Crippen molar-refractivity contribution in [1.29, 1.82) is 0 Å². The molecular formula is C22H31ClN6O. The van der Waals surface area contributed by atoms with E-state index in [9.17, 15) is 4.79 Å². The Hall–Kier alpha value is -2.22. The topological polar surface area (TPSA) is 64.6 Å². The summed E-state index contributed by atoms with van der Waals surface area (Å²) in [6.45, 7) is 10.3. The van der Waals surface area contributed by atoms with Crippen molar-refractivity contribution in [2.75, 3.05) is 57.8 Å². The summed E-state index contributed by atoms with van der Waals surface area (Å²) in [6, 6.07) is 9.91. The van der Waals surface area contributed by atoms with Crippen molar-refractivity contribution in [2.45, 2.75) is 19.9 Å². The molecule has 1 atom stereocenters. The lowest BCUT2D eigenvalue weighted by atomic mass is 10.1. The monoisotopic (exact) mass is 430 g/mol. The summed E-state index contributed by atoms with van der Waals surface area (Å²) in [6.07, 6.45) is 1.51. The molecule has 1 N–H and O–H groups in total. The van der Waals surface area contributed by atoms with E-state index in [-0.39, 0.29) is 22.7 Å². The number of nitrogens with zero attached hydrogens (tertiary/aromatic N) is 5. The van der Waals surface area contributed by atoms with Gasteiger partial charge in [-0.1, -0.05) is 41.9 Å². The normalized spacial score (nSPS) is 16.3. The Labute approximate surface area is 184 Å². The Kier molecular flexibility index (Phi) is 8.01. The van der Waals surface area contributed by atoms with Gasteiger partial charge in [-0.3, -0.25) is 9.69 Å². The van der Waals surface area contributed by atoms with Crippen molar-refractivity contribution in [1.82, 2.24) is 25.1 Å². The third kappa shape index (κ3) is 5.68. The molecule has 1 aliphatic heterocycles. The highest BCUT2D eigenvalue weighted by molar-refractivity contribution is 6.33. The van der Waals surface area contributed by atoms with Gasteiger partial charge in [0.15, 0.2) is 5.69 Å². The number of carbonyl (C=O) groups is 1. The fraction of sp³-hybridized carbons (Fsp3) is 0.500. The van der Waals surface area contributed by atoms with Crippen molar-refractivity contribution >= 4 is 23.5 Å². The van der Waals surface area contributed by atoms with Crippen molar-refractivity contribution in [3.63, 3.8) is 0 Å². The average molecular weight is 431 g/mol. The predicted molar refractivity (Wildman–Crippen MR) is 121 cm³/mol. The zero-order chi connectivity index (χ0) is 21.5. The Morgan fingerprint density at radius 1 is 1.17 bits per heavy atom. The number of hydrogen-bond donors (Lipinski definition) is 1. The van der Waals surface area contributed by atoms with Gasteiger partial charge in [-0.25, -0.2) is 9.97 Å². The largest absolute Gasteiger partial charge is 0.343 e. The van der Waals surface area contributed by atoms with E-state index in [0.717, 1.165) is 51.4 Å². The van der Waals surface area contributed by atoms with Crippen LogP contribution >= 0.6 is 11.6 Å². The molecule has 0 spiro atoms. The number of halogens is 1. The number of likely N-dealkylation sites (N-methyl/N-ethyl adjacent to an activating group) is 1. The molecule has 0 aliphatic carbocycles. The molecule has 1 aliphatic rings. The first-order valence-corrected chi connectivity index (χ1v) is 10.9. The minimum absolute atomic E-state index is 0.148. The van der Waals surface area contributed by atoms with Gasteiger partial charge in [-0.15, -0.1) is 0 Å². The number of nitrogens with one attached hydrogen (secondary N) is 1. The third-order valence-electron chi connectivity index (χ3n) is 5.54. The van der Waals surface area contributed by atoms with Gasteiger partial charge in [-0.2, -0.15) is 0 Å². The molecule has 0 bridgehead atoms. The summed E-state index contributed by atoms with van der Waals surface area (Å²) < 4.78 is 0. The molecule has 1 unspecified atom stereocenters. The molecule has 3 rings (SSSR count).